The van der Waals surface area contributed by atoms with Gasteiger partial charge in [0.1, 0.15) is 5.75 Å². The first-order chi connectivity index (χ1) is 12.5. The number of hydrogen-bond donors (Lipinski definition) is 2. The van der Waals surface area contributed by atoms with Crippen LogP contribution in [0.25, 0.3) is 0 Å². The average molecular weight is 397 g/mol. The van der Waals surface area contributed by atoms with Crippen LogP contribution in [0, 0.1) is 0 Å². The first-order valence-corrected chi connectivity index (χ1v) is 8.52. The molecule has 2 amide bonds. The molecule has 8 heteroatoms. The first kappa shape index (κ1) is 20.0. The Hall–Kier alpha value is -2.28. The summed E-state index contributed by atoms with van der Waals surface area (Å²) in [6, 6.07) is 9.38. The van der Waals surface area contributed by atoms with E-state index >= 15 is 0 Å². The molecule has 138 valence electrons. The van der Waals surface area contributed by atoms with Crippen molar-refractivity contribution in [3.63, 3.8) is 0 Å². The van der Waals surface area contributed by atoms with E-state index in [-0.39, 0.29) is 10.6 Å². The third kappa shape index (κ3) is 5.11. The number of carbonyl (C=O) groups is 2. The number of methoxy groups -OCH3 is 1. The number of benzene rings is 2. The maximum Gasteiger partial charge on any atom is 0.271 e. The van der Waals surface area contributed by atoms with Crippen molar-refractivity contribution in [1.82, 2.24) is 10.9 Å². The van der Waals surface area contributed by atoms with Crippen LogP contribution < -0.4 is 15.6 Å². The topological polar surface area (TPSA) is 76.7 Å². The van der Waals surface area contributed by atoms with Crippen LogP contribution >= 0.6 is 23.2 Å². The Kier molecular flexibility index (Phi) is 7.26. The van der Waals surface area contributed by atoms with Crippen molar-refractivity contribution in [2.45, 2.75) is 13.5 Å². The summed E-state index contributed by atoms with van der Waals surface area (Å²) in [5.41, 5.74) is 5.89. The van der Waals surface area contributed by atoms with E-state index in [0.29, 0.717) is 29.5 Å². The lowest BCUT2D eigenvalue weighted by Gasteiger charge is -2.12. The summed E-state index contributed by atoms with van der Waals surface area (Å²) in [6.45, 7) is 2.72. The molecule has 0 aromatic heterocycles. The molecule has 0 spiro atoms. The van der Waals surface area contributed by atoms with Crippen LogP contribution in [0.1, 0.15) is 33.2 Å². The second-order valence-electron chi connectivity index (χ2n) is 5.20. The Balaban J connectivity index is 2.07. The molecule has 0 fully saturated rings. The molecule has 2 N–H and O–H groups in total. The zero-order valence-electron chi connectivity index (χ0n) is 14.3. The Morgan fingerprint density at radius 2 is 1.77 bits per heavy atom. The molecule has 26 heavy (non-hydrogen) atoms. The monoisotopic (exact) mass is 396 g/mol. The maximum atomic E-state index is 12.3. The summed E-state index contributed by atoms with van der Waals surface area (Å²) in [5, 5.41) is 0.589. The van der Waals surface area contributed by atoms with E-state index in [1.165, 1.54) is 12.1 Å². The van der Waals surface area contributed by atoms with Gasteiger partial charge in [0.2, 0.25) is 0 Å². The summed E-state index contributed by atoms with van der Waals surface area (Å²) >= 11 is 11.8. The predicted molar refractivity (Wildman–Crippen MR) is 99.7 cm³/mol. The van der Waals surface area contributed by atoms with Crippen molar-refractivity contribution in [3.8, 4) is 5.75 Å². The molecule has 2 rings (SSSR count). The van der Waals surface area contributed by atoms with Gasteiger partial charge >= 0.3 is 0 Å². The van der Waals surface area contributed by atoms with E-state index in [9.17, 15) is 9.59 Å². The van der Waals surface area contributed by atoms with Gasteiger partial charge in [-0.1, -0.05) is 23.2 Å². The van der Waals surface area contributed by atoms with Crippen LogP contribution in [-0.4, -0.2) is 25.5 Å². The third-order valence-corrected chi connectivity index (χ3v) is 4.03. The van der Waals surface area contributed by atoms with Gasteiger partial charge in [0.15, 0.2) is 0 Å². The molecule has 2 aromatic rings. The Labute approximate surface area is 161 Å². The smallest absolute Gasteiger partial charge is 0.271 e. The second-order valence-corrected chi connectivity index (χ2v) is 6.04. The SMILES string of the molecule is CCOCc1cc(C(=O)NNC(=O)c2cc(Cl)ccc2Cl)ccc1OC. The highest BCUT2D eigenvalue weighted by Crippen LogP contribution is 2.21. The lowest BCUT2D eigenvalue weighted by atomic mass is 10.1. The summed E-state index contributed by atoms with van der Waals surface area (Å²) in [4.78, 5) is 24.4. The van der Waals surface area contributed by atoms with Crippen molar-refractivity contribution in [2.24, 2.45) is 0 Å². The third-order valence-electron chi connectivity index (χ3n) is 3.47. The lowest BCUT2D eigenvalue weighted by Crippen LogP contribution is -2.41. The van der Waals surface area contributed by atoms with Crippen LogP contribution in [0.15, 0.2) is 36.4 Å². The Morgan fingerprint density at radius 3 is 2.46 bits per heavy atom. The predicted octanol–water partition coefficient (Wildman–Crippen LogP) is 3.61. The molecule has 0 atom stereocenters. The molecule has 0 unspecified atom stereocenters. The molecule has 6 nitrogen and oxygen atoms in total. The van der Waals surface area contributed by atoms with Gasteiger partial charge in [0.25, 0.3) is 11.8 Å². The second kappa shape index (κ2) is 9.43. The summed E-state index contributed by atoms with van der Waals surface area (Å²) in [6.07, 6.45) is 0. The van der Waals surface area contributed by atoms with E-state index in [1.54, 1.807) is 31.4 Å². The fourth-order valence-electron chi connectivity index (χ4n) is 2.17. The number of hydrogen-bond acceptors (Lipinski definition) is 4. The normalized spacial score (nSPS) is 10.3. The molecule has 0 aliphatic rings. The minimum atomic E-state index is -0.575. The van der Waals surface area contributed by atoms with Gasteiger partial charge in [-0.25, -0.2) is 0 Å². The fourth-order valence-corrected chi connectivity index (χ4v) is 2.54. The van der Waals surface area contributed by atoms with E-state index in [4.69, 9.17) is 32.7 Å². The van der Waals surface area contributed by atoms with E-state index < -0.39 is 11.8 Å². The number of nitrogens with one attached hydrogen (secondary N) is 2. The average Bonchev–Trinajstić information content (AvgIpc) is 2.65. The minimum absolute atomic E-state index is 0.159. The molecular formula is C18H18Cl2N2O4. The Bertz CT molecular complexity index is 812. The van der Waals surface area contributed by atoms with Gasteiger partial charge in [-0.2, -0.15) is 0 Å². The van der Waals surface area contributed by atoms with Crippen molar-refractivity contribution in [3.05, 3.63) is 63.1 Å². The van der Waals surface area contributed by atoms with E-state index in [0.717, 1.165) is 5.56 Å². The molecular weight excluding hydrogens is 379 g/mol. The maximum absolute atomic E-state index is 12.3. The number of halogens is 2. The van der Waals surface area contributed by atoms with E-state index in [1.807, 2.05) is 6.92 Å². The number of ether oxygens (including phenoxy) is 2. The highest BCUT2D eigenvalue weighted by atomic mass is 35.5. The zero-order chi connectivity index (χ0) is 19.1. The highest BCUT2D eigenvalue weighted by molar-refractivity contribution is 6.35. The van der Waals surface area contributed by atoms with Gasteiger partial charge in [-0.15, -0.1) is 0 Å². The molecule has 0 radical (unpaired) electrons. The quantitative estimate of drug-likeness (QED) is 0.731. The van der Waals surface area contributed by atoms with Gasteiger partial charge in [0, 0.05) is 22.8 Å². The van der Waals surface area contributed by atoms with Crippen molar-refractivity contribution < 1.29 is 19.1 Å². The van der Waals surface area contributed by atoms with Crippen LogP contribution in [0.4, 0.5) is 0 Å². The zero-order valence-corrected chi connectivity index (χ0v) is 15.8. The van der Waals surface area contributed by atoms with Gasteiger partial charge in [0.05, 0.1) is 24.3 Å². The molecule has 0 bridgehead atoms. The molecule has 0 saturated carbocycles. The van der Waals surface area contributed by atoms with Crippen LogP contribution in [0.5, 0.6) is 5.75 Å². The van der Waals surface area contributed by atoms with Gasteiger partial charge < -0.3 is 9.47 Å². The summed E-state index contributed by atoms with van der Waals surface area (Å²) in [7, 11) is 1.54. The van der Waals surface area contributed by atoms with Crippen molar-refractivity contribution >= 4 is 35.0 Å². The van der Waals surface area contributed by atoms with E-state index in [2.05, 4.69) is 10.9 Å². The summed E-state index contributed by atoms with van der Waals surface area (Å²) in [5.74, 6) is -0.449. The fraction of sp³-hybridized carbons (Fsp3) is 0.222. The summed E-state index contributed by atoms with van der Waals surface area (Å²) < 4.78 is 10.6. The molecule has 2 aromatic carbocycles. The van der Waals surface area contributed by atoms with Gasteiger partial charge in [-0.3, -0.25) is 20.4 Å². The standard InChI is InChI=1S/C18H18Cl2N2O4/c1-3-26-10-12-8-11(4-7-16(12)25-2)17(23)21-22-18(24)14-9-13(19)5-6-15(14)20/h4-9H,3,10H2,1-2H3,(H,21,23)(H,22,24). The number of hydrazine groups is 1. The molecule has 0 aliphatic heterocycles. The molecule has 0 heterocycles. The van der Waals surface area contributed by atoms with Crippen LogP contribution in [0.3, 0.4) is 0 Å². The highest BCUT2D eigenvalue weighted by Gasteiger charge is 2.14. The number of carbonyl (C=O) groups excluding carboxylic acids is 2. The molecule has 0 saturated heterocycles. The molecule has 0 aliphatic carbocycles. The minimum Gasteiger partial charge on any atom is -0.496 e. The van der Waals surface area contributed by atoms with Crippen LogP contribution in [-0.2, 0) is 11.3 Å². The van der Waals surface area contributed by atoms with Crippen LogP contribution in [0.2, 0.25) is 10.0 Å². The van der Waals surface area contributed by atoms with Crippen molar-refractivity contribution in [2.75, 3.05) is 13.7 Å². The van der Waals surface area contributed by atoms with Crippen molar-refractivity contribution in [1.29, 1.82) is 0 Å². The Morgan fingerprint density at radius 1 is 1.04 bits per heavy atom. The van der Waals surface area contributed by atoms with Gasteiger partial charge in [-0.05, 0) is 43.3 Å². The largest absolute Gasteiger partial charge is 0.496 e. The first-order valence-electron chi connectivity index (χ1n) is 7.76. The number of rotatable bonds is 6. The number of amides is 2. The lowest BCUT2D eigenvalue weighted by molar-refractivity contribution is 0.0846.